The first-order valence-corrected chi connectivity index (χ1v) is 8.23. The van der Waals surface area contributed by atoms with Crippen LogP contribution in [0.15, 0.2) is 24.3 Å². The number of anilines is 1. The summed E-state index contributed by atoms with van der Waals surface area (Å²) in [7, 11) is 0. The van der Waals surface area contributed by atoms with Crippen LogP contribution in [0.2, 0.25) is 0 Å². The molecule has 0 spiro atoms. The number of hydrogen-bond acceptors (Lipinski definition) is 6. The highest BCUT2D eigenvalue weighted by atomic mass is 35.5. The zero-order valence-corrected chi connectivity index (χ0v) is 16.0. The highest BCUT2D eigenvalue weighted by Crippen LogP contribution is 2.22. The van der Waals surface area contributed by atoms with Crippen LogP contribution >= 0.6 is 24.8 Å². The number of rotatable bonds is 4. The zero-order valence-electron chi connectivity index (χ0n) is 14.3. The predicted molar refractivity (Wildman–Crippen MR) is 104 cm³/mol. The van der Waals surface area contributed by atoms with Gasteiger partial charge in [0.1, 0.15) is 0 Å². The largest absolute Gasteiger partial charge is 0.375 e. The number of halogens is 2. The van der Waals surface area contributed by atoms with Gasteiger partial charge in [-0.3, -0.25) is 14.9 Å². The van der Waals surface area contributed by atoms with Gasteiger partial charge in [-0.05, 0) is 6.07 Å². The maximum absolute atomic E-state index is 12.4. The second kappa shape index (κ2) is 10.5. The lowest BCUT2D eigenvalue weighted by Crippen LogP contribution is -2.50. The number of non-ortho nitro benzene ring substituents is 1. The molecule has 0 saturated carbocycles. The van der Waals surface area contributed by atoms with Gasteiger partial charge in [-0.2, -0.15) is 0 Å². The van der Waals surface area contributed by atoms with Crippen molar-refractivity contribution in [3.05, 3.63) is 34.4 Å². The minimum absolute atomic E-state index is 0. The van der Waals surface area contributed by atoms with E-state index in [0.717, 1.165) is 18.8 Å². The van der Waals surface area contributed by atoms with Gasteiger partial charge in [-0.25, -0.2) is 0 Å². The van der Waals surface area contributed by atoms with Gasteiger partial charge in [0, 0.05) is 57.1 Å². The minimum Gasteiger partial charge on any atom is -0.375 e. The van der Waals surface area contributed by atoms with Crippen molar-refractivity contribution in [3.63, 3.8) is 0 Å². The number of nitrogens with zero attached hydrogens (tertiary/aromatic N) is 3. The quantitative estimate of drug-likeness (QED) is 0.601. The Morgan fingerprint density at radius 1 is 1.27 bits per heavy atom. The summed E-state index contributed by atoms with van der Waals surface area (Å²) < 4.78 is 5.58. The molecule has 3 rings (SSSR count). The number of carbonyl (C=O) groups excluding carboxylic acids is 1. The topological polar surface area (TPSA) is 88.0 Å². The zero-order chi connectivity index (χ0) is 16.9. The van der Waals surface area contributed by atoms with Crippen molar-refractivity contribution in [2.24, 2.45) is 0 Å². The number of benzene rings is 1. The molecule has 0 aliphatic carbocycles. The molecule has 10 heteroatoms. The number of piperazine rings is 1. The van der Waals surface area contributed by atoms with E-state index in [0.29, 0.717) is 39.2 Å². The Hall–Kier alpha value is -1.61. The molecule has 1 aromatic rings. The maximum atomic E-state index is 12.4. The molecule has 2 heterocycles. The van der Waals surface area contributed by atoms with E-state index in [1.54, 1.807) is 12.1 Å². The normalized spacial score (nSPS) is 19.9. The summed E-state index contributed by atoms with van der Waals surface area (Å²) in [6, 6.07) is 6.63. The highest BCUT2D eigenvalue weighted by Gasteiger charge is 2.25. The molecule has 2 fully saturated rings. The third-order valence-corrected chi connectivity index (χ3v) is 4.44. The van der Waals surface area contributed by atoms with Crippen LogP contribution in [0.5, 0.6) is 0 Å². The summed E-state index contributed by atoms with van der Waals surface area (Å²) in [6.45, 7) is 4.82. The minimum atomic E-state index is -0.387. The van der Waals surface area contributed by atoms with Gasteiger partial charge in [0.25, 0.3) is 5.69 Å². The smallest absolute Gasteiger partial charge is 0.271 e. The van der Waals surface area contributed by atoms with Crippen LogP contribution in [-0.2, 0) is 9.53 Å². The van der Waals surface area contributed by atoms with E-state index in [2.05, 4.69) is 10.2 Å². The molecule has 1 N–H and O–H groups in total. The first-order chi connectivity index (χ1) is 11.6. The van der Waals surface area contributed by atoms with Crippen molar-refractivity contribution < 1.29 is 14.5 Å². The lowest BCUT2D eigenvalue weighted by Gasteiger charge is -2.36. The highest BCUT2D eigenvalue weighted by molar-refractivity contribution is 5.85. The van der Waals surface area contributed by atoms with Gasteiger partial charge < -0.3 is 19.9 Å². The lowest BCUT2D eigenvalue weighted by molar-refractivity contribution is -0.384. The second-order valence-electron chi connectivity index (χ2n) is 6.05. The number of ether oxygens (including phenoxy) is 1. The Balaban J connectivity index is 0.00000169. The molecular weight excluding hydrogens is 383 g/mol. The maximum Gasteiger partial charge on any atom is 0.271 e. The summed E-state index contributed by atoms with van der Waals surface area (Å²) in [4.78, 5) is 26.8. The fourth-order valence-electron chi connectivity index (χ4n) is 3.09. The summed E-state index contributed by atoms with van der Waals surface area (Å²) in [6.07, 6.45) is 0.366. The van der Waals surface area contributed by atoms with Crippen molar-refractivity contribution >= 4 is 42.1 Å². The summed E-state index contributed by atoms with van der Waals surface area (Å²) >= 11 is 0. The second-order valence-corrected chi connectivity index (χ2v) is 6.05. The molecule has 2 saturated heterocycles. The van der Waals surface area contributed by atoms with Gasteiger partial charge in [-0.1, -0.05) is 6.07 Å². The van der Waals surface area contributed by atoms with Gasteiger partial charge in [-0.15, -0.1) is 24.8 Å². The fraction of sp³-hybridized carbons (Fsp3) is 0.562. The van der Waals surface area contributed by atoms with Crippen LogP contribution < -0.4 is 10.2 Å². The lowest BCUT2D eigenvalue weighted by atomic mass is 10.1. The van der Waals surface area contributed by atoms with Crippen LogP contribution in [0.1, 0.15) is 6.42 Å². The number of nitrogens with one attached hydrogen (secondary N) is 1. The molecule has 2 aliphatic rings. The van der Waals surface area contributed by atoms with Gasteiger partial charge in [0.15, 0.2) is 0 Å². The third kappa shape index (κ3) is 5.70. The third-order valence-electron chi connectivity index (χ3n) is 4.44. The average Bonchev–Trinajstić information content (AvgIpc) is 2.63. The molecule has 0 bridgehead atoms. The molecule has 1 unspecified atom stereocenters. The molecule has 8 nitrogen and oxygen atoms in total. The Morgan fingerprint density at radius 3 is 2.62 bits per heavy atom. The molecule has 0 radical (unpaired) electrons. The van der Waals surface area contributed by atoms with Gasteiger partial charge >= 0.3 is 0 Å². The van der Waals surface area contributed by atoms with E-state index < -0.39 is 0 Å². The van der Waals surface area contributed by atoms with Crippen LogP contribution in [0.3, 0.4) is 0 Å². The van der Waals surface area contributed by atoms with Crippen LogP contribution in [-0.4, -0.2) is 67.7 Å². The van der Waals surface area contributed by atoms with E-state index >= 15 is 0 Å². The number of nitro benzene ring substituents is 1. The van der Waals surface area contributed by atoms with Crippen LogP contribution in [0.4, 0.5) is 11.4 Å². The SMILES string of the molecule is Cl.Cl.O=C(CC1CNCCO1)N1CCN(c2cccc([N+](=O)[O-])c2)CC1. The summed E-state index contributed by atoms with van der Waals surface area (Å²) in [5.74, 6) is 0.113. The number of amides is 1. The number of morpholine rings is 1. The molecule has 1 aromatic carbocycles. The fourth-order valence-corrected chi connectivity index (χ4v) is 3.09. The molecule has 0 aromatic heterocycles. The Morgan fingerprint density at radius 2 is 2.00 bits per heavy atom. The molecule has 26 heavy (non-hydrogen) atoms. The summed E-state index contributed by atoms with van der Waals surface area (Å²) in [5, 5.41) is 14.1. The van der Waals surface area contributed by atoms with E-state index in [-0.39, 0.29) is 47.4 Å². The van der Waals surface area contributed by atoms with Crippen molar-refractivity contribution in [2.75, 3.05) is 50.8 Å². The number of nitro groups is 1. The van der Waals surface area contributed by atoms with E-state index in [1.807, 2.05) is 11.0 Å². The molecule has 1 atom stereocenters. The van der Waals surface area contributed by atoms with Crippen molar-refractivity contribution in [2.45, 2.75) is 12.5 Å². The van der Waals surface area contributed by atoms with Crippen molar-refractivity contribution in [1.82, 2.24) is 10.2 Å². The van der Waals surface area contributed by atoms with Crippen LogP contribution in [0.25, 0.3) is 0 Å². The summed E-state index contributed by atoms with van der Waals surface area (Å²) in [5.41, 5.74) is 0.920. The average molecular weight is 407 g/mol. The van der Waals surface area contributed by atoms with Gasteiger partial charge in [0.2, 0.25) is 5.91 Å². The number of hydrogen-bond donors (Lipinski definition) is 1. The monoisotopic (exact) mass is 406 g/mol. The molecule has 2 aliphatic heterocycles. The predicted octanol–water partition coefficient (Wildman–Crippen LogP) is 1.47. The van der Waals surface area contributed by atoms with E-state index in [4.69, 9.17) is 4.74 Å². The Kier molecular flexibility index (Phi) is 9.07. The first kappa shape index (κ1) is 22.4. The van der Waals surface area contributed by atoms with Crippen molar-refractivity contribution in [1.29, 1.82) is 0 Å². The standard InChI is InChI=1S/C16H22N4O4.2ClH/c21-16(11-15-12-17-4-9-24-15)19-7-5-18(6-8-19)13-2-1-3-14(10-13)20(22)23;;/h1-3,10,15,17H,4-9,11-12H2;2*1H. The molecule has 146 valence electrons. The molecular formula is C16H24Cl2N4O4. The van der Waals surface area contributed by atoms with Gasteiger partial charge in [0.05, 0.1) is 24.1 Å². The van der Waals surface area contributed by atoms with Crippen LogP contribution in [0, 0.1) is 10.1 Å². The van der Waals surface area contributed by atoms with Crippen molar-refractivity contribution in [3.8, 4) is 0 Å². The number of carbonyl (C=O) groups is 1. The Bertz CT molecular complexity index is 606. The first-order valence-electron chi connectivity index (χ1n) is 8.23. The van der Waals surface area contributed by atoms with E-state index in [1.165, 1.54) is 6.07 Å². The van der Waals surface area contributed by atoms with E-state index in [9.17, 15) is 14.9 Å². The molecule has 1 amide bonds. The Labute approximate surface area is 164 Å².